The number of thiophene rings is 1. The molecule has 2 aromatic rings. The molecule has 0 bridgehead atoms. The van der Waals surface area contributed by atoms with Crippen molar-refractivity contribution >= 4 is 17.3 Å². The first-order chi connectivity index (χ1) is 10.7. The summed E-state index contributed by atoms with van der Waals surface area (Å²) in [6.45, 7) is 5.87. The van der Waals surface area contributed by atoms with Crippen LogP contribution in [0.3, 0.4) is 0 Å². The van der Waals surface area contributed by atoms with Gasteiger partial charge in [-0.1, -0.05) is 19.9 Å². The summed E-state index contributed by atoms with van der Waals surface area (Å²) in [6.07, 6.45) is 1.94. The number of aromatic nitrogens is 2. The molecule has 2 rings (SSSR count). The molecule has 0 spiro atoms. The first-order valence-corrected chi connectivity index (χ1v) is 8.58. The van der Waals surface area contributed by atoms with Crippen molar-refractivity contribution in [2.45, 2.75) is 39.8 Å². The van der Waals surface area contributed by atoms with Crippen LogP contribution in [0.2, 0.25) is 0 Å². The molecular weight excluding hydrogens is 294 g/mol. The average Bonchev–Trinajstić information content (AvgIpc) is 3.14. The highest BCUT2D eigenvalue weighted by Gasteiger charge is 2.13. The molecular formula is C16H25N5S. The predicted octanol–water partition coefficient (Wildman–Crippen LogP) is 2.47. The minimum atomic E-state index is 0.754. The fourth-order valence-corrected chi connectivity index (χ4v) is 3.22. The molecule has 6 heteroatoms. The van der Waals surface area contributed by atoms with Crippen LogP contribution in [-0.2, 0) is 33.0 Å². The Hall–Kier alpha value is -1.82. The van der Waals surface area contributed by atoms with Gasteiger partial charge in [0.05, 0.1) is 12.2 Å². The van der Waals surface area contributed by atoms with Crippen molar-refractivity contribution in [2.75, 3.05) is 7.05 Å². The standard InChI is InChI=1S/C16H25N5S/c1-5-14-13(15(6-2)21(4)20-14)11-19-16(17-3)18-10-12-8-7-9-22-12/h7-9H,5-6,10-11H2,1-4H3,(H2,17,18,19). The Morgan fingerprint density at radius 3 is 2.64 bits per heavy atom. The number of aryl methyl sites for hydroxylation is 2. The van der Waals surface area contributed by atoms with Crippen LogP contribution in [0.5, 0.6) is 0 Å². The Morgan fingerprint density at radius 1 is 1.27 bits per heavy atom. The van der Waals surface area contributed by atoms with E-state index in [4.69, 9.17) is 0 Å². The van der Waals surface area contributed by atoms with E-state index in [9.17, 15) is 0 Å². The molecule has 5 nitrogen and oxygen atoms in total. The molecule has 0 unspecified atom stereocenters. The normalized spacial score (nSPS) is 11.7. The summed E-state index contributed by atoms with van der Waals surface area (Å²) in [6, 6.07) is 4.19. The average molecular weight is 319 g/mol. The van der Waals surface area contributed by atoms with Gasteiger partial charge in [-0.05, 0) is 24.3 Å². The second-order valence-corrected chi connectivity index (χ2v) is 6.09. The van der Waals surface area contributed by atoms with E-state index in [1.807, 2.05) is 11.7 Å². The maximum atomic E-state index is 4.61. The summed E-state index contributed by atoms with van der Waals surface area (Å²) in [7, 11) is 3.82. The number of hydrogen-bond donors (Lipinski definition) is 2. The Bertz CT molecular complexity index is 613. The molecule has 2 heterocycles. The van der Waals surface area contributed by atoms with E-state index in [0.717, 1.165) is 31.9 Å². The maximum absolute atomic E-state index is 4.61. The zero-order valence-electron chi connectivity index (χ0n) is 13.8. The highest BCUT2D eigenvalue weighted by atomic mass is 32.1. The summed E-state index contributed by atoms with van der Waals surface area (Å²) >= 11 is 1.75. The Labute approximate surface area is 136 Å². The van der Waals surface area contributed by atoms with Crippen molar-refractivity contribution in [1.29, 1.82) is 0 Å². The molecule has 120 valence electrons. The minimum Gasteiger partial charge on any atom is -0.352 e. The third-order valence-corrected chi connectivity index (χ3v) is 4.57. The van der Waals surface area contributed by atoms with Crippen LogP contribution >= 0.6 is 11.3 Å². The lowest BCUT2D eigenvalue weighted by molar-refractivity contribution is 0.702. The third-order valence-electron chi connectivity index (χ3n) is 3.69. The largest absolute Gasteiger partial charge is 0.352 e. The second-order valence-electron chi connectivity index (χ2n) is 5.06. The maximum Gasteiger partial charge on any atom is 0.191 e. The Kier molecular flexibility index (Phi) is 6.00. The van der Waals surface area contributed by atoms with Crippen LogP contribution in [0.15, 0.2) is 22.5 Å². The first kappa shape index (κ1) is 16.5. The van der Waals surface area contributed by atoms with Gasteiger partial charge in [-0.3, -0.25) is 9.67 Å². The lowest BCUT2D eigenvalue weighted by Crippen LogP contribution is -2.36. The van der Waals surface area contributed by atoms with Crippen LogP contribution < -0.4 is 10.6 Å². The summed E-state index contributed by atoms with van der Waals surface area (Å²) < 4.78 is 2.00. The molecule has 0 aliphatic carbocycles. The highest BCUT2D eigenvalue weighted by Crippen LogP contribution is 2.15. The van der Waals surface area contributed by atoms with Gasteiger partial charge in [0.2, 0.25) is 0 Å². The SMILES string of the molecule is CCc1nn(C)c(CC)c1CNC(=NC)NCc1cccs1. The Balaban J connectivity index is 1.98. The van der Waals surface area contributed by atoms with Crippen molar-refractivity contribution in [3.63, 3.8) is 0 Å². The Morgan fingerprint density at radius 2 is 2.05 bits per heavy atom. The zero-order valence-corrected chi connectivity index (χ0v) is 14.6. The van der Waals surface area contributed by atoms with Crippen molar-refractivity contribution < 1.29 is 0 Å². The highest BCUT2D eigenvalue weighted by molar-refractivity contribution is 7.09. The number of nitrogens with zero attached hydrogens (tertiary/aromatic N) is 3. The molecule has 0 atom stereocenters. The summed E-state index contributed by atoms with van der Waals surface area (Å²) in [5.41, 5.74) is 3.75. The lowest BCUT2D eigenvalue weighted by atomic mass is 10.1. The van der Waals surface area contributed by atoms with Gasteiger partial charge in [-0.25, -0.2) is 0 Å². The number of hydrogen-bond acceptors (Lipinski definition) is 3. The van der Waals surface area contributed by atoms with Crippen molar-refractivity contribution in [1.82, 2.24) is 20.4 Å². The number of aliphatic imine (C=N–C) groups is 1. The van der Waals surface area contributed by atoms with Crippen LogP contribution in [-0.4, -0.2) is 22.8 Å². The molecule has 2 aromatic heterocycles. The molecule has 0 aliphatic rings. The van der Waals surface area contributed by atoms with Crippen LogP contribution in [0.1, 0.15) is 35.7 Å². The van der Waals surface area contributed by atoms with E-state index in [0.29, 0.717) is 0 Å². The van der Waals surface area contributed by atoms with Gasteiger partial charge in [0.25, 0.3) is 0 Å². The van der Waals surface area contributed by atoms with Crippen molar-refractivity contribution in [3.8, 4) is 0 Å². The molecule has 0 radical (unpaired) electrons. The number of rotatable bonds is 6. The predicted molar refractivity (Wildman–Crippen MR) is 93.3 cm³/mol. The van der Waals surface area contributed by atoms with Crippen LogP contribution in [0.4, 0.5) is 0 Å². The fraction of sp³-hybridized carbons (Fsp3) is 0.500. The smallest absolute Gasteiger partial charge is 0.191 e. The number of guanidine groups is 1. The molecule has 0 aromatic carbocycles. The fourth-order valence-electron chi connectivity index (χ4n) is 2.57. The molecule has 0 aliphatic heterocycles. The number of nitrogens with one attached hydrogen (secondary N) is 2. The van der Waals surface area contributed by atoms with E-state index in [1.54, 1.807) is 18.4 Å². The van der Waals surface area contributed by atoms with Crippen LogP contribution in [0, 0.1) is 0 Å². The van der Waals surface area contributed by atoms with E-state index in [-0.39, 0.29) is 0 Å². The van der Waals surface area contributed by atoms with Gasteiger partial charge in [-0.15, -0.1) is 11.3 Å². The molecule has 0 saturated carbocycles. The molecule has 0 fully saturated rings. The molecule has 2 N–H and O–H groups in total. The lowest BCUT2D eigenvalue weighted by Gasteiger charge is -2.12. The topological polar surface area (TPSA) is 54.2 Å². The second kappa shape index (κ2) is 7.98. The van der Waals surface area contributed by atoms with Gasteiger partial charge in [0, 0.05) is 36.8 Å². The molecule has 0 saturated heterocycles. The summed E-state index contributed by atoms with van der Waals surface area (Å²) in [5.74, 6) is 0.821. The zero-order chi connectivity index (χ0) is 15.9. The van der Waals surface area contributed by atoms with Crippen LogP contribution in [0.25, 0.3) is 0 Å². The van der Waals surface area contributed by atoms with Gasteiger partial charge < -0.3 is 10.6 Å². The van der Waals surface area contributed by atoms with E-state index in [2.05, 4.69) is 52.1 Å². The first-order valence-electron chi connectivity index (χ1n) is 7.70. The van der Waals surface area contributed by atoms with Gasteiger partial charge in [-0.2, -0.15) is 5.10 Å². The quantitative estimate of drug-likeness (QED) is 0.635. The van der Waals surface area contributed by atoms with Gasteiger partial charge in [0.1, 0.15) is 0 Å². The minimum absolute atomic E-state index is 0.754. The molecule has 0 amide bonds. The van der Waals surface area contributed by atoms with Gasteiger partial charge >= 0.3 is 0 Å². The monoisotopic (exact) mass is 319 g/mol. The summed E-state index contributed by atoms with van der Waals surface area (Å²) in [5, 5.41) is 13.4. The van der Waals surface area contributed by atoms with Crippen molar-refractivity contribution in [3.05, 3.63) is 39.3 Å². The van der Waals surface area contributed by atoms with E-state index < -0.39 is 0 Å². The third kappa shape index (κ3) is 3.88. The molecule has 22 heavy (non-hydrogen) atoms. The summed E-state index contributed by atoms with van der Waals surface area (Å²) in [4.78, 5) is 5.59. The van der Waals surface area contributed by atoms with E-state index in [1.165, 1.54) is 21.8 Å². The van der Waals surface area contributed by atoms with E-state index >= 15 is 0 Å². The van der Waals surface area contributed by atoms with Gasteiger partial charge in [0.15, 0.2) is 5.96 Å². The van der Waals surface area contributed by atoms with Crippen molar-refractivity contribution in [2.24, 2.45) is 12.0 Å².